The third-order valence-electron chi connectivity index (χ3n) is 4.18. The maximum Gasteiger partial charge on any atom is 0.137 e. The van der Waals surface area contributed by atoms with E-state index in [1.54, 1.807) is 0 Å². The number of nitrogens with zero attached hydrogens (tertiary/aromatic N) is 2. The first-order valence-electron chi connectivity index (χ1n) is 7.37. The van der Waals surface area contributed by atoms with Crippen LogP contribution in [0.1, 0.15) is 22.5 Å². The van der Waals surface area contributed by atoms with E-state index in [4.69, 9.17) is 10.7 Å². The molecule has 1 aromatic carbocycles. The molecule has 3 nitrogen and oxygen atoms in total. The van der Waals surface area contributed by atoms with Gasteiger partial charge in [-0.1, -0.05) is 24.3 Å². The third-order valence-corrected chi connectivity index (χ3v) is 4.18. The number of pyridine rings is 1. The molecule has 3 rings (SSSR count). The van der Waals surface area contributed by atoms with Gasteiger partial charge in [0.25, 0.3) is 0 Å². The Hall–Kier alpha value is -2.13. The molecule has 108 valence electrons. The van der Waals surface area contributed by atoms with Gasteiger partial charge in [0.05, 0.1) is 11.4 Å². The van der Waals surface area contributed by atoms with Gasteiger partial charge >= 0.3 is 0 Å². The standard InChI is InChI=1S/C18H21N3/c1-12-6-4-8-15(14(12)3)18-16(10-11-19)21-13(2)7-5-9-17(21)20-18/h4-9H,10-11,19H2,1-3H3. The van der Waals surface area contributed by atoms with Gasteiger partial charge in [-0.15, -0.1) is 0 Å². The fourth-order valence-electron chi connectivity index (χ4n) is 2.92. The molecule has 0 saturated heterocycles. The van der Waals surface area contributed by atoms with Crippen molar-refractivity contribution in [2.75, 3.05) is 6.54 Å². The predicted octanol–water partition coefficient (Wildman–Crippen LogP) is 3.43. The number of rotatable bonds is 3. The van der Waals surface area contributed by atoms with Crippen LogP contribution in [0, 0.1) is 20.8 Å². The Morgan fingerprint density at radius 3 is 2.57 bits per heavy atom. The molecule has 0 aliphatic rings. The van der Waals surface area contributed by atoms with Gasteiger partial charge in [-0.25, -0.2) is 4.98 Å². The van der Waals surface area contributed by atoms with Crippen molar-refractivity contribution in [2.45, 2.75) is 27.2 Å². The summed E-state index contributed by atoms with van der Waals surface area (Å²) in [6.07, 6.45) is 0.828. The van der Waals surface area contributed by atoms with Gasteiger partial charge in [0.2, 0.25) is 0 Å². The molecule has 0 radical (unpaired) electrons. The van der Waals surface area contributed by atoms with Gasteiger partial charge in [-0.3, -0.25) is 0 Å². The maximum atomic E-state index is 5.83. The van der Waals surface area contributed by atoms with E-state index >= 15 is 0 Å². The minimum absolute atomic E-state index is 0.625. The lowest BCUT2D eigenvalue weighted by Crippen LogP contribution is -2.07. The van der Waals surface area contributed by atoms with E-state index in [1.165, 1.54) is 28.1 Å². The van der Waals surface area contributed by atoms with Crippen LogP contribution in [0.15, 0.2) is 36.4 Å². The van der Waals surface area contributed by atoms with Crippen molar-refractivity contribution in [1.82, 2.24) is 9.38 Å². The van der Waals surface area contributed by atoms with Crippen molar-refractivity contribution in [3.05, 3.63) is 58.9 Å². The molecule has 0 amide bonds. The summed E-state index contributed by atoms with van der Waals surface area (Å²) in [5.41, 5.74) is 14.1. The smallest absolute Gasteiger partial charge is 0.137 e. The Bertz CT molecular complexity index is 800. The molecule has 21 heavy (non-hydrogen) atoms. The monoisotopic (exact) mass is 279 g/mol. The van der Waals surface area contributed by atoms with Crippen molar-refractivity contribution in [3.8, 4) is 11.3 Å². The number of hydrogen-bond acceptors (Lipinski definition) is 2. The van der Waals surface area contributed by atoms with Gasteiger partial charge in [0, 0.05) is 17.7 Å². The van der Waals surface area contributed by atoms with E-state index in [0.29, 0.717) is 6.54 Å². The molecule has 0 unspecified atom stereocenters. The van der Waals surface area contributed by atoms with Crippen molar-refractivity contribution >= 4 is 5.65 Å². The van der Waals surface area contributed by atoms with Crippen LogP contribution in [-0.2, 0) is 6.42 Å². The molecular formula is C18H21N3. The van der Waals surface area contributed by atoms with Crippen LogP contribution in [-0.4, -0.2) is 15.9 Å². The maximum absolute atomic E-state index is 5.83. The van der Waals surface area contributed by atoms with Crippen molar-refractivity contribution in [3.63, 3.8) is 0 Å². The van der Waals surface area contributed by atoms with Crippen molar-refractivity contribution < 1.29 is 0 Å². The predicted molar refractivity (Wildman–Crippen MR) is 87.6 cm³/mol. The summed E-state index contributed by atoms with van der Waals surface area (Å²) in [5, 5.41) is 0. The second kappa shape index (κ2) is 5.34. The zero-order valence-corrected chi connectivity index (χ0v) is 12.9. The second-order valence-corrected chi connectivity index (χ2v) is 5.55. The van der Waals surface area contributed by atoms with Crippen LogP contribution >= 0.6 is 0 Å². The molecular weight excluding hydrogens is 258 g/mol. The van der Waals surface area contributed by atoms with Crippen LogP contribution in [0.25, 0.3) is 16.9 Å². The molecule has 0 fully saturated rings. The van der Waals surface area contributed by atoms with Crippen LogP contribution in [0.4, 0.5) is 0 Å². The number of aryl methyl sites for hydroxylation is 2. The topological polar surface area (TPSA) is 43.3 Å². The summed E-state index contributed by atoms with van der Waals surface area (Å²) in [6, 6.07) is 12.6. The Balaban J connectivity index is 2.34. The Kier molecular flexibility index (Phi) is 3.52. The third kappa shape index (κ3) is 2.24. The number of benzene rings is 1. The molecule has 3 aromatic rings. The minimum atomic E-state index is 0.625. The molecule has 0 saturated carbocycles. The van der Waals surface area contributed by atoms with E-state index in [0.717, 1.165) is 17.8 Å². The molecule has 0 aliphatic heterocycles. The van der Waals surface area contributed by atoms with Crippen molar-refractivity contribution in [2.24, 2.45) is 5.73 Å². The zero-order valence-electron chi connectivity index (χ0n) is 12.9. The summed E-state index contributed by atoms with van der Waals surface area (Å²) in [7, 11) is 0. The van der Waals surface area contributed by atoms with Crippen LogP contribution in [0.2, 0.25) is 0 Å². The van der Waals surface area contributed by atoms with E-state index in [-0.39, 0.29) is 0 Å². The lowest BCUT2D eigenvalue weighted by Gasteiger charge is -2.09. The largest absolute Gasteiger partial charge is 0.330 e. The molecule has 2 N–H and O–H groups in total. The van der Waals surface area contributed by atoms with E-state index in [9.17, 15) is 0 Å². The first-order chi connectivity index (χ1) is 10.1. The Morgan fingerprint density at radius 1 is 1.05 bits per heavy atom. The molecule has 0 atom stereocenters. The molecule has 0 spiro atoms. The van der Waals surface area contributed by atoms with E-state index in [2.05, 4.69) is 61.6 Å². The van der Waals surface area contributed by atoms with Gasteiger partial charge in [-0.05, 0) is 50.6 Å². The highest BCUT2D eigenvalue weighted by atomic mass is 15.0. The molecule has 0 aliphatic carbocycles. The Labute approximate surface area is 125 Å². The van der Waals surface area contributed by atoms with Gasteiger partial charge in [0.1, 0.15) is 5.65 Å². The second-order valence-electron chi connectivity index (χ2n) is 5.55. The fraction of sp³-hybridized carbons (Fsp3) is 0.278. The van der Waals surface area contributed by atoms with E-state index in [1.807, 2.05) is 0 Å². The highest BCUT2D eigenvalue weighted by Crippen LogP contribution is 2.29. The zero-order chi connectivity index (χ0) is 15.0. The first-order valence-corrected chi connectivity index (χ1v) is 7.37. The SMILES string of the molecule is Cc1cccc(-c2nc3cccc(C)n3c2CCN)c1C. The number of aromatic nitrogens is 2. The lowest BCUT2D eigenvalue weighted by atomic mass is 9.99. The van der Waals surface area contributed by atoms with Gasteiger partial charge in [0.15, 0.2) is 0 Å². The van der Waals surface area contributed by atoms with Crippen molar-refractivity contribution in [1.29, 1.82) is 0 Å². The van der Waals surface area contributed by atoms with Crippen LogP contribution in [0.5, 0.6) is 0 Å². The quantitative estimate of drug-likeness (QED) is 0.798. The number of nitrogens with two attached hydrogens (primary N) is 1. The molecule has 2 heterocycles. The van der Waals surface area contributed by atoms with Gasteiger partial charge in [-0.2, -0.15) is 0 Å². The Morgan fingerprint density at radius 2 is 1.81 bits per heavy atom. The lowest BCUT2D eigenvalue weighted by molar-refractivity contribution is 0.891. The highest BCUT2D eigenvalue weighted by molar-refractivity contribution is 5.71. The number of fused-ring (bicyclic) bond motifs is 1. The fourth-order valence-corrected chi connectivity index (χ4v) is 2.92. The van der Waals surface area contributed by atoms with Crippen LogP contribution in [0.3, 0.4) is 0 Å². The highest BCUT2D eigenvalue weighted by Gasteiger charge is 2.16. The van der Waals surface area contributed by atoms with Gasteiger partial charge < -0.3 is 10.1 Å². The summed E-state index contributed by atoms with van der Waals surface area (Å²) in [5.74, 6) is 0. The summed E-state index contributed by atoms with van der Waals surface area (Å²) in [6.45, 7) is 7.04. The number of imidazole rings is 1. The average molecular weight is 279 g/mol. The first kappa shape index (κ1) is 13.8. The summed E-state index contributed by atoms with van der Waals surface area (Å²) < 4.78 is 2.23. The molecule has 3 heteroatoms. The van der Waals surface area contributed by atoms with E-state index < -0.39 is 0 Å². The summed E-state index contributed by atoms with van der Waals surface area (Å²) in [4.78, 5) is 4.87. The normalized spacial score (nSPS) is 11.2. The van der Waals surface area contributed by atoms with Crippen LogP contribution < -0.4 is 5.73 Å². The molecule has 0 bridgehead atoms. The average Bonchev–Trinajstić information content (AvgIpc) is 2.82. The minimum Gasteiger partial charge on any atom is -0.330 e. The number of hydrogen-bond donors (Lipinski definition) is 1. The molecule has 2 aromatic heterocycles. The summed E-state index contributed by atoms with van der Waals surface area (Å²) >= 11 is 0.